The van der Waals surface area contributed by atoms with Crippen LogP contribution in [0.15, 0.2) is 0 Å². The molecule has 0 bridgehead atoms. The van der Waals surface area contributed by atoms with Crippen LogP contribution in [0.1, 0.15) is 26.2 Å². The van der Waals surface area contributed by atoms with Crippen LogP contribution in [-0.4, -0.2) is 71.7 Å². The molecule has 0 rings (SSSR count). The summed E-state index contributed by atoms with van der Waals surface area (Å²) in [6.07, 6.45) is 1.76. The number of hydrogen-bond acceptors (Lipinski definition) is 7. The number of carboxylic acid groups (broad SMARTS) is 1. The van der Waals surface area contributed by atoms with E-state index in [4.69, 9.17) is 16.6 Å². The van der Waals surface area contributed by atoms with Gasteiger partial charge in [0, 0.05) is 0 Å². The molecule has 11 nitrogen and oxygen atoms in total. The Kier molecular flexibility index (Phi) is 11.1. The van der Waals surface area contributed by atoms with Crippen molar-refractivity contribution in [1.29, 1.82) is 0 Å². The number of unbranched alkanes of at least 4 members (excludes halogenated alkanes) is 1. The molecule has 3 unspecified atom stereocenters. The van der Waals surface area contributed by atoms with Gasteiger partial charge < -0.3 is 37.6 Å². The minimum atomic E-state index is -1.28. The Morgan fingerprint density at radius 2 is 1.68 bits per heavy atom. The number of hydrogen-bond donors (Lipinski definition) is 7. The second-order valence-electron chi connectivity index (χ2n) is 5.48. The monoisotopic (exact) mass is 361 g/mol. The van der Waals surface area contributed by atoms with Crippen LogP contribution in [0.4, 0.5) is 0 Å². The molecule has 0 aliphatic heterocycles. The molecule has 3 atom stereocenters. The van der Waals surface area contributed by atoms with Crippen molar-refractivity contribution >= 4 is 23.7 Å². The number of rotatable bonds is 12. The number of aliphatic hydroxyl groups excluding tert-OH is 1. The van der Waals surface area contributed by atoms with Gasteiger partial charge in [0.15, 0.2) is 0 Å². The summed E-state index contributed by atoms with van der Waals surface area (Å²) in [5.74, 6) is -3.33. The van der Waals surface area contributed by atoms with Gasteiger partial charge in [-0.2, -0.15) is 0 Å². The molecule has 25 heavy (non-hydrogen) atoms. The molecule has 0 aromatic heterocycles. The van der Waals surface area contributed by atoms with Gasteiger partial charge in [0.05, 0.1) is 12.6 Å². The first-order valence-corrected chi connectivity index (χ1v) is 7.89. The predicted octanol–water partition coefficient (Wildman–Crippen LogP) is -3.37. The van der Waals surface area contributed by atoms with Crippen LogP contribution in [0.2, 0.25) is 0 Å². The van der Waals surface area contributed by atoms with E-state index in [1.165, 1.54) is 6.92 Å². The summed E-state index contributed by atoms with van der Waals surface area (Å²) >= 11 is 0. The van der Waals surface area contributed by atoms with Gasteiger partial charge in [0.25, 0.3) is 0 Å². The summed E-state index contributed by atoms with van der Waals surface area (Å²) in [5, 5.41) is 24.4. The summed E-state index contributed by atoms with van der Waals surface area (Å²) in [6.45, 7) is 0.551. The molecule has 11 heteroatoms. The van der Waals surface area contributed by atoms with Crippen LogP contribution in [0, 0.1) is 0 Å². The highest BCUT2D eigenvalue weighted by Crippen LogP contribution is 1.99. The molecule has 0 saturated carbocycles. The second kappa shape index (κ2) is 12.2. The smallest absolute Gasteiger partial charge is 0.322 e. The highest BCUT2D eigenvalue weighted by Gasteiger charge is 2.25. The van der Waals surface area contributed by atoms with E-state index < -0.39 is 55.0 Å². The Hall–Kier alpha value is -2.24. The third-order valence-electron chi connectivity index (χ3n) is 3.29. The average molecular weight is 361 g/mol. The maximum absolute atomic E-state index is 12.0. The second-order valence-corrected chi connectivity index (χ2v) is 5.48. The van der Waals surface area contributed by atoms with Crippen LogP contribution < -0.4 is 27.4 Å². The van der Waals surface area contributed by atoms with Crippen molar-refractivity contribution in [2.75, 3.05) is 19.7 Å². The molecule has 0 aliphatic rings. The first-order chi connectivity index (χ1) is 11.7. The molecule has 3 amide bonds. The molecule has 0 heterocycles. The normalized spacial score (nSPS) is 14.1. The fraction of sp³-hybridized carbons (Fsp3) is 0.714. The van der Waals surface area contributed by atoms with Gasteiger partial charge in [-0.05, 0) is 26.3 Å². The van der Waals surface area contributed by atoms with E-state index in [-0.39, 0.29) is 0 Å². The lowest BCUT2D eigenvalue weighted by Crippen LogP contribution is -2.56. The van der Waals surface area contributed by atoms with Gasteiger partial charge in [0.1, 0.15) is 18.6 Å². The van der Waals surface area contributed by atoms with Gasteiger partial charge in [0.2, 0.25) is 17.7 Å². The van der Waals surface area contributed by atoms with Gasteiger partial charge in [-0.15, -0.1) is 0 Å². The van der Waals surface area contributed by atoms with E-state index in [0.29, 0.717) is 25.8 Å². The van der Waals surface area contributed by atoms with E-state index in [9.17, 15) is 24.3 Å². The fourth-order valence-electron chi connectivity index (χ4n) is 1.81. The molecule has 0 saturated heterocycles. The van der Waals surface area contributed by atoms with Crippen LogP contribution in [0.3, 0.4) is 0 Å². The molecule has 9 N–H and O–H groups in total. The highest BCUT2D eigenvalue weighted by atomic mass is 16.4. The van der Waals surface area contributed by atoms with Crippen LogP contribution >= 0.6 is 0 Å². The number of aliphatic hydroxyl groups is 1. The van der Waals surface area contributed by atoms with Crippen molar-refractivity contribution in [2.45, 2.75) is 44.3 Å². The molecule has 144 valence electrons. The van der Waals surface area contributed by atoms with Gasteiger partial charge in [-0.1, -0.05) is 6.42 Å². The average Bonchev–Trinajstić information content (AvgIpc) is 2.56. The van der Waals surface area contributed by atoms with E-state index in [2.05, 4.69) is 16.0 Å². The molecule has 0 aliphatic carbocycles. The van der Waals surface area contributed by atoms with Gasteiger partial charge >= 0.3 is 5.97 Å². The zero-order valence-corrected chi connectivity index (χ0v) is 14.2. The predicted molar refractivity (Wildman–Crippen MR) is 88.1 cm³/mol. The Labute approximate surface area is 145 Å². The SMILES string of the molecule is CC(NC(=O)C(CO)NC(=O)C(N)CCCCN)C(=O)NCC(=O)O. The van der Waals surface area contributed by atoms with E-state index in [1.807, 2.05) is 0 Å². The zero-order valence-electron chi connectivity index (χ0n) is 14.2. The first-order valence-electron chi connectivity index (χ1n) is 7.89. The van der Waals surface area contributed by atoms with E-state index in [1.54, 1.807) is 0 Å². The summed E-state index contributed by atoms with van der Waals surface area (Å²) in [4.78, 5) is 45.9. The Morgan fingerprint density at radius 3 is 2.20 bits per heavy atom. The number of amides is 3. The zero-order chi connectivity index (χ0) is 19.4. The van der Waals surface area contributed by atoms with Gasteiger partial charge in [-0.25, -0.2) is 0 Å². The summed E-state index contributed by atoms with van der Waals surface area (Å²) < 4.78 is 0. The molecule has 0 fully saturated rings. The third-order valence-corrected chi connectivity index (χ3v) is 3.29. The lowest BCUT2D eigenvalue weighted by molar-refractivity contribution is -0.138. The minimum Gasteiger partial charge on any atom is -0.480 e. The number of carboxylic acids is 1. The number of aliphatic carboxylic acids is 1. The van der Waals surface area contributed by atoms with E-state index >= 15 is 0 Å². The van der Waals surface area contributed by atoms with Crippen molar-refractivity contribution in [3.8, 4) is 0 Å². The van der Waals surface area contributed by atoms with Crippen molar-refractivity contribution in [3.05, 3.63) is 0 Å². The largest absolute Gasteiger partial charge is 0.480 e. The maximum Gasteiger partial charge on any atom is 0.322 e. The van der Waals surface area contributed by atoms with Crippen molar-refractivity contribution < 1.29 is 29.4 Å². The third kappa shape index (κ3) is 9.59. The van der Waals surface area contributed by atoms with Crippen molar-refractivity contribution in [3.63, 3.8) is 0 Å². The summed E-state index contributed by atoms with van der Waals surface area (Å²) in [5.41, 5.74) is 11.0. The van der Waals surface area contributed by atoms with E-state index in [0.717, 1.165) is 0 Å². The highest BCUT2D eigenvalue weighted by molar-refractivity contribution is 5.93. The summed E-state index contributed by atoms with van der Waals surface area (Å²) in [6, 6.07) is -3.16. The van der Waals surface area contributed by atoms with Crippen molar-refractivity contribution in [2.24, 2.45) is 11.5 Å². The standard InChI is InChI=1S/C14H27N5O6/c1-8(12(23)17-6-11(21)22)18-14(25)10(7-20)19-13(24)9(16)4-2-3-5-15/h8-10,20H,2-7,15-16H2,1H3,(H,17,23)(H,18,25)(H,19,24)(H,21,22). The number of nitrogens with two attached hydrogens (primary N) is 2. The molecule has 0 aromatic carbocycles. The Morgan fingerprint density at radius 1 is 1.04 bits per heavy atom. The first kappa shape index (κ1) is 22.8. The molecule has 0 aromatic rings. The number of carbonyl (C=O) groups is 4. The molecular weight excluding hydrogens is 334 g/mol. The van der Waals surface area contributed by atoms with Crippen LogP contribution in [0.5, 0.6) is 0 Å². The molecule has 0 spiro atoms. The quantitative estimate of drug-likeness (QED) is 0.175. The number of carbonyl (C=O) groups excluding carboxylic acids is 3. The molecular formula is C14H27N5O6. The summed E-state index contributed by atoms with van der Waals surface area (Å²) in [7, 11) is 0. The number of nitrogens with one attached hydrogen (secondary N) is 3. The van der Waals surface area contributed by atoms with Crippen LogP contribution in [0.25, 0.3) is 0 Å². The topological polar surface area (TPSA) is 197 Å². The lowest BCUT2D eigenvalue weighted by Gasteiger charge is -2.21. The van der Waals surface area contributed by atoms with Gasteiger partial charge in [-0.3, -0.25) is 19.2 Å². The Bertz CT molecular complexity index is 473. The van der Waals surface area contributed by atoms with Crippen LogP contribution in [-0.2, 0) is 19.2 Å². The minimum absolute atomic E-state index is 0.386. The lowest BCUT2D eigenvalue weighted by atomic mass is 10.1. The maximum atomic E-state index is 12.0. The fourth-order valence-corrected chi connectivity index (χ4v) is 1.81. The Balaban J connectivity index is 4.47. The van der Waals surface area contributed by atoms with Crippen molar-refractivity contribution in [1.82, 2.24) is 16.0 Å². The molecule has 0 radical (unpaired) electrons.